The Morgan fingerprint density at radius 2 is 1.36 bits per heavy atom. The molecular formula is C13H25N. The van der Waals surface area contributed by atoms with E-state index in [4.69, 9.17) is 5.26 Å². The van der Waals surface area contributed by atoms with Crippen LogP contribution in [0.25, 0.3) is 0 Å². The molecule has 0 saturated heterocycles. The zero-order valence-corrected chi connectivity index (χ0v) is 9.89. The van der Waals surface area contributed by atoms with Crippen LogP contribution in [0.4, 0.5) is 0 Å². The fourth-order valence-corrected chi connectivity index (χ4v) is 1.73. The number of nitrogens with zero attached hydrogens (tertiary/aromatic N) is 1. The zero-order chi connectivity index (χ0) is 10.6. The Labute approximate surface area is 89.5 Å². The molecule has 82 valence electrons. The number of rotatable bonds is 9. The van der Waals surface area contributed by atoms with Crippen LogP contribution in [0.2, 0.25) is 0 Å². The highest BCUT2D eigenvalue weighted by molar-refractivity contribution is 4.82. The normalized spacial score (nSPS) is 12.4. The second kappa shape index (κ2) is 10.6. The molecule has 0 aromatic rings. The average Bonchev–Trinajstić information content (AvgIpc) is 2.22. The van der Waals surface area contributed by atoms with E-state index in [2.05, 4.69) is 19.9 Å². The SMILES string of the molecule is CCCCCCC(C#N)CCCCC. The van der Waals surface area contributed by atoms with Crippen LogP contribution in [0.15, 0.2) is 0 Å². The van der Waals surface area contributed by atoms with Gasteiger partial charge in [-0.3, -0.25) is 0 Å². The van der Waals surface area contributed by atoms with Gasteiger partial charge in [0, 0.05) is 5.92 Å². The molecule has 0 amide bonds. The van der Waals surface area contributed by atoms with E-state index in [1.165, 1.54) is 44.9 Å². The van der Waals surface area contributed by atoms with Crippen LogP contribution in [0.5, 0.6) is 0 Å². The Kier molecular flexibility index (Phi) is 10.2. The van der Waals surface area contributed by atoms with Crippen molar-refractivity contribution in [2.75, 3.05) is 0 Å². The third-order valence-electron chi connectivity index (χ3n) is 2.74. The number of unbranched alkanes of at least 4 members (excludes halogenated alkanes) is 5. The summed E-state index contributed by atoms with van der Waals surface area (Å²) in [5.41, 5.74) is 0. The van der Waals surface area contributed by atoms with Crippen LogP contribution in [0.1, 0.15) is 71.6 Å². The van der Waals surface area contributed by atoms with Crippen molar-refractivity contribution in [2.24, 2.45) is 5.92 Å². The van der Waals surface area contributed by atoms with Crippen LogP contribution in [-0.2, 0) is 0 Å². The molecule has 0 aliphatic rings. The Morgan fingerprint density at radius 3 is 1.86 bits per heavy atom. The monoisotopic (exact) mass is 195 g/mol. The van der Waals surface area contributed by atoms with E-state index in [9.17, 15) is 0 Å². The minimum Gasteiger partial charge on any atom is -0.198 e. The van der Waals surface area contributed by atoms with Gasteiger partial charge in [0.25, 0.3) is 0 Å². The Morgan fingerprint density at radius 1 is 0.857 bits per heavy atom. The molecule has 1 heteroatoms. The molecule has 0 fully saturated rings. The summed E-state index contributed by atoms with van der Waals surface area (Å²) in [5, 5.41) is 8.93. The third-order valence-corrected chi connectivity index (χ3v) is 2.74. The van der Waals surface area contributed by atoms with Crippen molar-refractivity contribution in [1.29, 1.82) is 5.26 Å². The summed E-state index contributed by atoms with van der Waals surface area (Å²) in [4.78, 5) is 0. The highest BCUT2D eigenvalue weighted by atomic mass is 14.3. The van der Waals surface area contributed by atoms with Crippen LogP contribution < -0.4 is 0 Å². The smallest absolute Gasteiger partial charge is 0.0655 e. The van der Waals surface area contributed by atoms with Crippen molar-refractivity contribution in [3.8, 4) is 6.07 Å². The van der Waals surface area contributed by atoms with E-state index in [1.54, 1.807) is 0 Å². The van der Waals surface area contributed by atoms with Crippen molar-refractivity contribution in [2.45, 2.75) is 71.6 Å². The summed E-state index contributed by atoms with van der Waals surface area (Å²) in [6, 6.07) is 2.44. The minimum absolute atomic E-state index is 0.332. The molecule has 0 bridgehead atoms. The van der Waals surface area contributed by atoms with E-state index in [-0.39, 0.29) is 0 Å². The van der Waals surface area contributed by atoms with Crippen molar-refractivity contribution in [3.05, 3.63) is 0 Å². The Bertz CT molecular complexity index is 146. The van der Waals surface area contributed by atoms with Gasteiger partial charge in [-0.2, -0.15) is 5.26 Å². The summed E-state index contributed by atoms with van der Waals surface area (Å²) in [5.74, 6) is 0.332. The summed E-state index contributed by atoms with van der Waals surface area (Å²) in [7, 11) is 0. The van der Waals surface area contributed by atoms with Gasteiger partial charge in [-0.15, -0.1) is 0 Å². The molecule has 0 rings (SSSR count). The van der Waals surface area contributed by atoms with E-state index in [0.717, 1.165) is 12.8 Å². The molecule has 0 spiro atoms. The molecule has 1 atom stereocenters. The van der Waals surface area contributed by atoms with E-state index < -0.39 is 0 Å². The Hall–Kier alpha value is -0.510. The van der Waals surface area contributed by atoms with E-state index in [0.29, 0.717) is 5.92 Å². The summed E-state index contributed by atoms with van der Waals surface area (Å²) < 4.78 is 0. The predicted molar refractivity (Wildman–Crippen MR) is 62.0 cm³/mol. The van der Waals surface area contributed by atoms with Gasteiger partial charge >= 0.3 is 0 Å². The Balaban J connectivity index is 3.35. The highest BCUT2D eigenvalue weighted by Gasteiger charge is 2.05. The number of hydrogen-bond acceptors (Lipinski definition) is 1. The van der Waals surface area contributed by atoms with Gasteiger partial charge in [0.05, 0.1) is 6.07 Å². The van der Waals surface area contributed by atoms with Gasteiger partial charge in [0.1, 0.15) is 0 Å². The molecule has 0 saturated carbocycles. The summed E-state index contributed by atoms with van der Waals surface area (Å²) in [6.07, 6.45) is 11.2. The maximum Gasteiger partial charge on any atom is 0.0655 e. The first kappa shape index (κ1) is 13.5. The van der Waals surface area contributed by atoms with Crippen LogP contribution in [0, 0.1) is 17.2 Å². The molecule has 0 N–H and O–H groups in total. The number of nitriles is 1. The fraction of sp³-hybridized carbons (Fsp3) is 0.923. The van der Waals surface area contributed by atoms with Crippen molar-refractivity contribution in [1.82, 2.24) is 0 Å². The number of hydrogen-bond donors (Lipinski definition) is 0. The second-order valence-corrected chi connectivity index (χ2v) is 4.17. The van der Waals surface area contributed by atoms with Gasteiger partial charge < -0.3 is 0 Å². The molecule has 0 aromatic carbocycles. The predicted octanol–water partition coefficient (Wildman–Crippen LogP) is 4.68. The van der Waals surface area contributed by atoms with Crippen LogP contribution in [-0.4, -0.2) is 0 Å². The molecule has 0 radical (unpaired) electrons. The first-order valence-corrected chi connectivity index (χ1v) is 6.24. The van der Waals surface area contributed by atoms with Gasteiger partial charge in [0.15, 0.2) is 0 Å². The molecule has 0 aliphatic heterocycles. The van der Waals surface area contributed by atoms with Gasteiger partial charge in [-0.25, -0.2) is 0 Å². The maximum absolute atomic E-state index is 8.93. The first-order chi connectivity index (χ1) is 6.85. The molecule has 0 aliphatic carbocycles. The highest BCUT2D eigenvalue weighted by Crippen LogP contribution is 2.16. The van der Waals surface area contributed by atoms with Crippen LogP contribution in [0.3, 0.4) is 0 Å². The van der Waals surface area contributed by atoms with E-state index in [1.807, 2.05) is 0 Å². The van der Waals surface area contributed by atoms with Crippen LogP contribution >= 0.6 is 0 Å². The molecule has 0 heterocycles. The second-order valence-electron chi connectivity index (χ2n) is 4.17. The molecule has 14 heavy (non-hydrogen) atoms. The fourth-order valence-electron chi connectivity index (χ4n) is 1.73. The lowest BCUT2D eigenvalue weighted by atomic mass is 9.96. The summed E-state index contributed by atoms with van der Waals surface area (Å²) in [6.45, 7) is 4.44. The van der Waals surface area contributed by atoms with Gasteiger partial charge in [-0.1, -0.05) is 58.8 Å². The third kappa shape index (κ3) is 8.10. The minimum atomic E-state index is 0.332. The molecule has 1 unspecified atom stereocenters. The molecular weight excluding hydrogens is 170 g/mol. The van der Waals surface area contributed by atoms with Crippen molar-refractivity contribution < 1.29 is 0 Å². The van der Waals surface area contributed by atoms with Gasteiger partial charge in [-0.05, 0) is 12.8 Å². The lowest BCUT2D eigenvalue weighted by Crippen LogP contribution is -1.97. The topological polar surface area (TPSA) is 23.8 Å². The lowest BCUT2D eigenvalue weighted by Gasteiger charge is -2.07. The first-order valence-electron chi connectivity index (χ1n) is 6.24. The lowest BCUT2D eigenvalue weighted by molar-refractivity contribution is 0.485. The standard InChI is InChI=1S/C13H25N/c1-3-5-7-9-11-13(12-14)10-8-6-4-2/h13H,3-11H2,1-2H3. The zero-order valence-electron chi connectivity index (χ0n) is 9.89. The molecule has 1 nitrogen and oxygen atoms in total. The van der Waals surface area contributed by atoms with Gasteiger partial charge in [0.2, 0.25) is 0 Å². The summed E-state index contributed by atoms with van der Waals surface area (Å²) >= 11 is 0. The largest absolute Gasteiger partial charge is 0.198 e. The van der Waals surface area contributed by atoms with E-state index >= 15 is 0 Å². The van der Waals surface area contributed by atoms with Crippen molar-refractivity contribution >= 4 is 0 Å². The maximum atomic E-state index is 8.93. The molecule has 0 aromatic heterocycles. The van der Waals surface area contributed by atoms with Crippen molar-refractivity contribution in [3.63, 3.8) is 0 Å². The quantitative estimate of drug-likeness (QED) is 0.490. The average molecular weight is 195 g/mol.